The Morgan fingerprint density at radius 1 is 1.25 bits per heavy atom. The zero-order valence-electron chi connectivity index (χ0n) is 16.5. The molecule has 1 atom stereocenters. The van der Waals surface area contributed by atoms with Crippen molar-refractivity contribution in [2.24, 2.45) is 5.92 Å². The summed E-state index contributed by atoms with van der Waals surface area (Å²) in [7, 11) is 3.97. The molecule has 0 N–H and O–H groups in total. The third-order valence-electron chi connectivity index (χ3n) is 3.96. The lowest BCUT2D eigenvalue weighted by Crippen LogP contribution is -2.28. The van der Waals surface area contributed by atoms with Crippen LogP contribution < -0.4 is 9.64 Å². The van der Waals surface area contributed by atoms with E-state index >= 15 is 0 Å². The van der Waals surface area contributed by atoms with E-state index in [1.807, 2.05) is 45.8 Å². The molecule has 0 spiro atoms. The summed E-state index contributed by atoms with van der Waals surface area (Å²) in [4.78, 5) is 14.0. The van der Waals surface area contributed by atoms with E-state index in [0.717, 1.165) is 24.3 Å². The van der Waals surface area contributed by atoms with Gasteiger partial charge in [-0.25, -0.2) is 4.79 Å². The molecular formula is C20H33NO3. The second-order valence-corrected chi connectivity index (χ2v) is 7.70. The molecule has 0 aliphatic heterocycles. The number of rotatable bonds is 7. The van der Waals surface area contributed by atoms with Gasteiger partial charge in [-0.2, -0.15) is 0 Å². The second kappa shape index (κ2) is 8.41. The number of hydrogen-bond donors (Lipinski definition) is 0. The van der Waals surface area contributed by atoms with E-state index in [1.165, 1.54) is 11.1 Å². The number of ether oxygens (including phenoxy) is 2. The van der Waals surface area contributed by atoms with Crippen molar-refractivity contribution in [1.82, 2.24) is 0 Å². The van der Waals surface area contributed by atoms with Crippen molar-refractivity contribution in [3.8, 4) is 5.75 Å². The van der Waals surface area contributed by atoms with Crippen LogP contribution in [0.15, 0.2) is 12.1 Å². The summed E-state index contributed by atoms with van der Waals surface area (Å²) in [5, 5.41) is 0. The third kappa shape index (κ3) is 6.06. The number of esters is 1. The molecule has 0 saturated heterocycles. The summed E-state index contributed by atoms with van der Waals surface area (Å²) >= 11 is 0. The first-order chi connectivity index (χ1) is 11.0. The van der Waals surface area contributed by atoms with E-state index in [-0.39, 0.29) is 12.6 Å². The number of carbonyl (C=O) groups excluding carboxylic acids is 1. The molecule has 0 bridgehead atoms. The Hall–Kier alpha value is -1.71. The van der Waals surface area contributed by atoms with Crippen molar-refractivity contribution >= 4 is 11.7 Å². The molecule has 4 nitrogen and oxygen atoms in total. The molecule has 0 aliphatic carbocycles. The molecule has 0 aliphatic rings. The van der Waals surface area contributed by atoms with Crippen LogP contribution in [0.4, 0.5) is 5.69 Å². The summed E-state index contributed by atoms with van der Waals surface area (Å²) in [6, 6.07) is 4.16. The molecule has 0 radical (unpaired) electrons. The van der Waals surface area contributed by atoms with Crippen molar-refractivity contribution in [2.45, 2.75) is 60.0 Å². The Labute approximate surface area is 147 Å². The van der Waals surface area contributed by atoms with E-state index in [0.29, 0.717) is 5.92 Å². The van der Waals surface area contributed by atoms with Crippen molar-refractivity contribution in [1.29, 1.82) is 0 Å². The highest BCUT2D eigenvalue weighted by Crippen LogP contribution is 2.35. The first-order valence-electron chi connectivity index (χ1n) is 8.69. The van der Waals surface area contributed by atoms with Crippen molar-refractivity contribution < 1.29 is 14.3 Å². The topological polar surface area (TPSA) is 38.8 Å². The zero-order chi connectivity index (χ0) is 18.5. The van der Waals surface area contributed by atoms with Gasteiger partial charge in [-0.15, -0.1) is 0 Å². The van der Waals surface area contributed by atoms with Gasteiger partial charge in [0.25, 0.3) is 0 Å². The van der Waals surface area contributed by atoms with Gasteiger partial charge in [0.15, 0.2) is 6.61 Å². The maximum Gasteiger partial charge on any atom is 0.344 e. The van der Waals surface area contributed by atoms with Gasteiger partial charge in [-0.05, 0) is 57.2 Å². The number of aryl methyl sites for hydroxylation is 1. The lowest BCUT2D eigenvalue weighted by molar-refractivity contribution is -0.157. The Morgan fingerprint density at radius 2 is 1.88 bits per heavy atom. The van der Waals surface area contributed by atoms with Crippen LogP contribution in [-0.4, -0.2) is 32.3 Å². The lowest BCUT2D eigenvalue weighted by atomic mass is 9.94. The normalized spacial score (nSPS) is 12.7. The van der Waals surface area contributed by atoms with Crippen molar-refractivity contribution in [2.75, 3.05) is 25.6 Å². The van der Waals surface area contributed by atoms with E-state index in [1.54, 1.807) is 0 Å². The van der Waals surface area contributed by atoms with Crippen LogP contribution in [0, 0.1) is 12.8 Å². The van der Waals surface area contributed by atoms with E-state index in [2.05, 4.69) is 26.8 Å². The minimum absolute atomic E-state index is 0.0743. The number of anilines is 1. The number of benzene rings is 1. The van der Waals surface area contributed by atoms with Crippen molar-refractivity contribution in [3.05, 3.63) is 23.3 Å². The largest absolute Gasteiger partial charge is 0.479 e. The molecule has 0 saturated carbocycles. The molecule has 0 aromatic heterocycles. The van der Waals surface area contributed by atoms with Gasteiger partial charge in [0.1, 0.15) is 11.4 Å². The molecule has 0 heterocycles. The minimum atomic E-state index is -0.503. The molecule has 1 aromatic rings. The molecule has 0 fully saturated rings. The smallest absolute Gasteiger partial charge is 0.344 e. The third-order valence-corrected chi connectivity index (χ3v) is 3.96. The number of hydrogen-bond acceptors (Lipinski definition) is 4. The summed E-state index contributed by atoms with van der Waals surface area (Å²) in [6.45, 7) is 12.0. The maximum atomic E-state index is 12.0. The Balaban J connectivity index is 3.08. The van der Waals surface area contributed by atoms with Crippen LogP contribution in [0.3, 0.4) is 0 Å². The van der Waals surface area contributed by atoms with Crippen LogP contribution in [0.25, 0.3) is 0 Å². The maximum absolute atomic E-state index is 12.0. The first kappa shape index (κ1) is 20.3. The van der Waals surface area contributed by atoms with Crippen LogP contribution in [0.2, 0.25) is 0 Å². The van der Waals surface area contributed by atoms with Crippen LogP contribution in [-0.2, 0) is 16.0 Å². The molecule has 1 aromatic carbocycles. The molecule has 24 heavy (non-hydrogen) atoms. The Kier molecular flexibility index (Phi) is 7.12. The van der Waals surface area contributed by atoms with E-state index < -0.39 is 5.60 Å². The zero-order valence-corrected chi connectivity index (χ0v) is 16.5. The van der Waals surface area contributed by atoms with Crippen LogP contribution >= 0.6 is 0 Å². The average Bonchev–Trinajstić information content (AvgIpc) is 2.45. The molecule has 1 rings (SSSR count). The van der Waals surface area contributed by atoms with Crippen LogP contribution in [0.5, 0.6) is 5.75 Å². The Morgan fingerprint density at radius 3 is 2.38 bits per heavy atom. The monoisotopic (exact) mass is 335 g/mol. The van der Waals surface area contributed by atoms with Crippen LogP contribution in [0.1, 0.15) is 52.2 Å². The summed E-state index contributed by atoms with van der Waals surface area (Å²) in [6.07, 6.45) is 2.05. The van der Waals surface area contributed by atoms with E-state index in [4.69, 9.17) is 9.47 Å². The van der Waals surface area contributed by atoms with Gasteiger partial charge >= 0.3 is 5.97 Å². The summed E-state index contributed by atoms with van der Waals surface area (Å²) in [5.41, 5.74) is 2.86. The fourth-order valence-electron chi connectivity index (χ4n) is 2.48. The van der Waals surface area contributed by atoms with Gasteiger partial charge in [0.2, 0.25) is 0 Å². The average molecular weight is 335 g/mol. The molecule has 4 heteroatoms. The predicted molar refractivity (Wildman–Crippen MR) is 100 cm³/mol. The Bertz CT molecular complexity index is 559. The molecule has 1 unspecified atom stereocenters. The first-order valence-corrected chi connectivity index (χ1v) is 8.69. The van der Waals surface area contributed by atoms with Crippen molar-refractivity contribution in [3.63, 3.8) is 0 Å². The lowest BCUT2D eigenvalue weighted by Gasteiger charge is -2.24. The summed E-state index contributed by atoms with van der Waals surface area (Å²) < 4.78 is 11.3. The van der Waals surface area contributed by atoms with Gasteiger partial charge < -0.3 is 14.4 Å². The highest BCUT2D eigenvalue weighted by molar-refractivity contribution is 5.72. The predicted octanol–water partition coefficient (Wildman–Crippen LogP) is 4.37. The number of nitrogens with zero attached hydrogens (tertiary/aromatic N) is 1. The van der Waals surface area contributed by atoms with E-state index in [9.17, 15) is 4.79 Å². The minimum Gasteiger partial charge on any atom is -0.479 e. The SMILES string of the molecule is CCC(C)Cc1c(C)ccc(N(C)C)c1OCC(=O)OC(C)(C)C. The summed E-state index contributed by atoms with van der Waals surface area (Å²) in [5.74, 6) is 1.01. The van der Waals surface area contributed by atoms with Gasteiger partial charge in [-0.3, -0.25) is 0 Å². The fraction of sp³-hybridized carbons (Fsp3) is 0.650. The quantitative estimate of drug-likeness (QED) is 0.694. The van der Waals surface area contributed by atoms with Gasteiger partial charge in [-0.1, -0.05) is 26.3 Å². The fourth-order valence-corrected chi connectivity index (χ4v) is 2.48. The highest BCUT2D eigenvalue weighted by atomic mass is 16.6. The van der Waals surface area contributed by atoms with Gasteiger partial charge in [0, 0.05) is 14.1 Å². The molecular weight excluding hydrogens is 302 g/mol. The molecule has 0 amide bonds. The number of carbonyl (C=O) groups is 1. The van der Waals surface area contributed by atoms with Gasteiger partial charge in [0.05, 0.1) is 5.69 Å². The second-order valence-electron chi connectivity index (χ2n) is 7.70. The standard InChI is InChI=1S/C20H33NO3/c1-9-14(2)12-16-15(3)10-11-17(21(7)8)19(16)23-13-18(22)24-20(4,5)6/h10-11,14H,9,12-13H2,1-8H3. The highest BCUT2D eigenvalue weighted by Gasteiger charge is 2.20. The molecule has 136 valence electrons.